The SMILES string of the molecule is CN(c1ccc([N+](=O)[O-])c2cnccc12)C1CCCCC1. The number of pyridine rings is 1. The lowest BCUT2D eigenvalue weighted by Crippen LogP contribution is -2.33. The average molecular weight is 285 g/mol. The van der Waals surface area contributed by atoms with Crippen molar-refractivity contribution in [3.8, 4) is 0 Å². The van der Waals surface area contributed by atoms with Crippen molar-refractivity contribution in [2.45, 2.75) is 38.1 Å². The van der Waals surface area contributed by atoms with Gasteiger partial charge in [0, 0.05) is 42.6 Å². The van der Waals surface area contributed by atoms with Crippen molar-refractivity contribution >= 4 is 22.1 Å². The van der Waals surface area contributed by atoms with Crippen LogP contribution in [0.25, 0.3) is 10.8 Å². The Hall–Kier alpha value is -2.17. The lowest BCUT2D eigenvalue weighted by atomic mass is 9.93. The number of nitrogens with zero attached hydrogens (tertiary/aromatic N) is 3. The topological polar surface area (TPSA) is 59.3 Å². The van der Waals surface area contributed by atoms with Gasteiger partial charge in [0.05, 0.1) is 10.3 Å². The first-order chi connectivity index (χ1) is 10.2. The zero-order chi connectivity index (χ0) is 14.8. The molecule has 21 heavy (non-hydrogen) atoms. The highest BCUT2D eigenvalue weighted by Crippen LogP contribution is 2.35. The van der Waals surface area contributed by atoms with Gasteiger partial charge in [-0.25, -0.2) is 0 Å². The monoisotopic (exact) mass is 285 g/mol. The third-order valence-electron chi connectivity index (χ3n) is 4.47. The van der Waals surface area contributed by atoms with Gasteiger partial charge in [-0.05, 0) is 25.0 Å². The first-order valence-corrected chi connectivity index (χ1v) is 7.42. The number of benzene rings is 1. The fourth-order valence-corrected chi connectivity index (χ4v) is 3.29. The first-order valence-electron chi connectivity index (χ1n) is 7.42. The summed E-state index contributed by atoms with van der Waals surface area (Å²) in [6.45, 7) is 0. The Morgan fingerprint density at radius 2 is 1.95 bits per heavy atom. The van der Waals surface area contributed by atoms with Crippen molar-refractivity contribution in [3.05, 3.63) is 40.7 Å². The number of hydrogen-bond acceptors (Lipinski definition) is 4. The van der Waals surface area contributed by atoms with Gasteiger partial charge in [0.25, 0.3) is 5.69 Å². The van der Waals surface area contributed by atoms with E-state index < -0.39 is 0 Å². The Balaban J connectivity index is 2.06. The van der Waals surface area contributed by atoms with Crippen LogP contribution in [0.3, 0.4) is 0 Å². The van der Waals surface area contributed by atoms with Crippen molar-refractivity contribution in [2.24, 2.45) is 0 Å². The second-order valence-electron chi connectivity index (χ2n) is 5.68. The van der Waals surface area contributed by atoms with E-state index in [1.165, 1.54) is 32.1 Å². The second-order valence-corrected chi connectivity index (χ2v) is 5.68. The van der Waals surface area contributed by atoms with Crippen molar-refractivity contribution in [2.75, 3.05) is 11.9 Å². The van der Waals surface area contributed by atoms with Crippen LogP contribution >= 0.6 is 0 Å². The molecule has 1 aliphatic rings. The van der Waals surface area contributed by atoms with Gasteiger partial charge in [-0.15, -0.1) is 0 Å². The van der Waals surface area contributed by atoms with E-state index >= 15 is 0 Å². The van der Waals surface area contributed by atoms with Crippen LogP contribution in [0.15, 0.2) is 30.6 Å². The molecule has 110 valence electrons. The van der Waals surface area contributed by atoms with E-state index in [4.69, 9.17) is 0 Å². The molecule has 0 bridgehead atoms. The molecule has 1 saturated carbocycles. The maximum absolute atomic E-state index is 11.2. The fourth-order valence-electron chi connectivity index (χ4n) is 3.29. The van der Waals surface area contributed by atoms with Gasteiger partial charge in [0.1, 0.15) is 0 Å². The van der Waals surface area contributed by atoms with E-state index in [9.17, 15) is 10.1 Å². The van der Waals surface area contributed by atoms with Crippen LogP contribution < -0.4 is 4.90 Å². The van der Waals surface area contributed by atoms with Crippen molar-refractivity contribution in [1.82, 2.24) is 4.98 Å². The Morgan fingerprint density at radius 3 is 2.67 bits per heavy atom. The molecule has 5 nitrogen and oxygen atoms in total. The van der Waals surface area contributed by atoms with Crippen LogP contribution in [0.4, 0.5) is 11.4 Å². The van der Waals surface area contributed by atoms with Gasteiger partial charge in [-0.3, -0.25) is 15.1 Å². The molecule has 0 unspecified atom stereocenters. The molecule has 0 atom stereocenters. The smallest absolute Gasteiger partial charge is 0.278 e. The molecule has 5 heteroatoms. The summed E-state index contributed by atoms with van der Waals surface area (Å²) in [7, 11) is 2.09. The third kappa shape index (κ3) is 2.55. The van der Waals surface area contributed by atoms with E-state index in [0.717, 1.165) is 11.1 Å². The first kappa shape index (κ1) is 13.8. The van der Waals surface area contributed by atoms with E-state index in [-0.39, 0.29) is 10.6 Å². The molecule has 0 radical (unpaired) electrons. The third-order valence-corrected chi connectivity index (χ3v) is 4.47. The van der Waals surface area contributed by atoms with Crippen LogP contribution in [0.2, 0.25) is 0 Å². The van der Waals surface area contributed by atoms with Crippen molar-refractivity contribution < 1.29 is 4.92 Å². The molecule has 0 N–H and O–H groups in total. The van der Waals surface area contributed by atoms with Gasteiger partial charge in [-0.2, -0.15) is 0 Å². The van der Waals surface area contributed by atoms with Gasteiger partial charge in [0.15, 0.2) is 0 Å². The molecular weight excluding hydrogens is 266 g/mol. The van der Waals surface area contributed by atoms with E-state index in [0.29, 0.717) is 11.4 Å². The summed E-state index contributed by atoms with van der Waals surface area (Å²) in [5.41, 5.74) is 1.18. The van der Waals surface area contributed by atoms with Crippen LogP contribution in [0, 0.1) is 10.1 Å². The Bertz CT molecular complexity index is 666. The summed E-state index contributed by atoms with van der Waals surface area (Å²) in [4.78, 5) is 17.2. The van der Waals surface area contributed by atoms with Crippen LogP contribution in [0.1, 0.15) is 32.1 Å². The number of hydrogen-bond donors (Lipinski definition) is 0. The standard InChI is InChI=1S/C16H19N3O2/c1-18(12-5-3-2-4-6-12)15-7-8-16(19(20)21)14-11-17-10-9-13(14)15/h7-12H,2-6H2,1H3. The van der Waals surface area contributed by atoms with Gasteiger partial charge < -0.3 is 4.90 Å². The minimum absolute atomic E-state index is 0.124. The van der Waals surface area contributed by atoms with Gasteiger partial charge in [0.2, 0.25) is 0 Å². The lowest BCUT2D eigenvalue weighted by molar-refractivity contribution is -0.383. The molecule has 1 aliphatic carbocycles. The average Bonchev–Trinajstić information content (AvgIpc) is 2.54. The number of rotatable bonds is 3. The zero-order valence-electron chi connectivity index (χ0n) is 12.2. The summed E-state index contributed by atoms with van der Waals surface area (Å²) in [6.07, 6.45) is 9.52. The van der Waals surface area contributed by atoms with Crippen molar-refractivity contribution in [1.29, 1.82) is 0 Å². The molecule has 0 spiro atoms. The molecule has 0 aliphatic heterocycles. The molecule has 1 aromatic heterocycles. The number of nitro groups is 1. The number of anilines is 1. The quantitative estimate of drug-likeness (QED) is 0.633. The predicted octanol–water partition coefficient (Wildman–Crippen LogP) is 3.91. The zero-order valence-corrected chi connectivity index (χ0v) is 12.2. The van der Waals surface area contributed by atoms with Crippen LogP contribution in [0.5, 0.6) is 0 Å². The maximum atomic E-state index is 11.2. The minimum atomic E-state index is -0.339. The number of nitro benzene ring substituents is 1. The molecule has 3 rings (SSSR count). The van der Waals surface area contributed by atoms with Gasteiger partial charge in [-0.1, -0.05) is 19.3 Å². The van der Waals surface area contributed by atoms with Crippen LogP contribution in [-0.2, 0) is 0 Å². The summed E-state index contributed by atoms with van der Waals surface area (Å²) in [5, 5.41) is 12.7. The van der Waals surface area contributed by atoms with E-state index in [1.807, 2.05) is 12.1 Å². The fraction of sp³-hybridized carbons (Fsp3) is 0.438. The number of fused-ring (bicyclic) bond motifs is 1. The number of aromatic nitrogens is 1. The van der Waals surface area contributed by atoms with Gasteiger partial charge >= 0.3 is 0 Å². The highest BCUT2D eigenvalue weighted by Gasteiger charge is 2.22. The summed E-state index contributed by atoms with van der Waals surface area (Å²) in [5.74, 6) is 0. The number of non-ortho nitro benzene ring substituents is 1. The summed E-state index contributed by atoms with van der Waals surface area (Å²) in [6, 6.07) is 5.86. The molecule has 1 heterocycles. The molecule has 0 saturated heterocycles. The largest absolute Gasteiger partial charge is 0.371 e. The molecule has 0 amide bonds. The van der Waals surface area contributed by atoms with Crippen LogP contribution in [-0.4, -0.2) is 23.0 Å². The molecule has 2 aromatic rings. The highest BCUT2D eigenvalue weighted by molar-refractivity contribution is 5.99. The van der Waals surface area contributed by atoms with E-state index in [2.05, 4.69) is 16.9 Å². The Labute approximate surface area is 123 Å². The maximum Gasteiger partial charge on any atom is 0.278 e. The molecule has 1 fully saturated rings. The molecular formula is C16H19N3O2. The lowest BCUT2D eigenvalue weighted by Gasteiger charge is -2.33. The van der Waals surface area contributed by atoms with Crippen molar-refractivity contribution in [3.63, 3.8) is 0 Å². The Kier molecular flexibility index (Phi) is 3.73. The Morgan fingerprint density at radius 1 is 1.19 bits per heavy atom. The summed E-state index contributed by atoms with van der Waals surface area (Å²) >= 11 is 0. The second kappa shape index (κ2) is 5.68. The predicted molar refractivity (Wildman–Crippen MR) is 83.7 cm³/mol. The summed E-state index contributed by atoms with van der Waals surface area (Å²) < 4.78 is 0. The minimum Gasteiger partial charge on any atom is -0.371 e. The van der Waals surface area contributed by atoms with E-state index in [1.54, 1.807) is 18.5 Å². The normalized spacial score (nSPS) is 16.0. The molecule has 1 aromatic carbocycles. The highest BCUT2D eigenvalue weighted by atomic mass is 16.6.